The highest BCUT2D eigenvalue weighted by molar-refractivity contribution is 5.85. The lowest BCUT2D eigenvalue weighted by molar-refractivity contribution is -0.147. The van der Waals surface area contributed by atoms with E-state index in [1.165, 1.54) is 12.1 Å². The summed E-state index contributed by atoms with van der Waals surface area (Å²) in [6, 6.07) is 10.5. The molecule has 0 saturated carbocycles. The summed E-state index contributed by atoms with van der Waals surface area (Å²) in [6.07, 6.45) is 0.401. The second-order valence-electron chi connectivity index (χ2n) is 11.8. The molecule has 2 heterocycles. The number of hydrogen-bond donors (Lipinski definition) is 1. The lowest BCUT2D eigenvalue weighted by Gasteiger charge is -2.43. The van der Waals surface area contributed by atoms with Crippen molar-refractivity contribution in [2.45, 2.75) is 64.6 Å². The largest absolute Gasteiger partial charge is 0.480 e. The summed E-state index contributed by atoms with van der Waals surface area (Å²) in [5.41, 5.74) is 2.22. The Hall–Kier alpha value is -2.26. The maximum absolute atomic E-state index is 14.9. The summed E-state index contributed by atoms with van der Waals surface area (Å²) >= 11 is 0. The molecule has 40 heavy (non-hydrogen) atoms. The Kier molecular flexibility index (Phi) is 11.5. The van der Waals surface area contributed by atoms with Crippen molar-refractivity contribution >= 4 is 36.7 Å². The average molecular weight is 601 g/mol. The standard InChI is InChI=1S/C30H39F2N3O3.2ClH/c1-19-8-6-7-9-21(19)14-27(29(37)38)33-12-13-35(20(2)16-33)28(36)25-18-34(30(3,4)5)17-24(25)23-11-10-22(31)15-26(23)32;;/h6-11,15,20,24-25,27H,12-14,16-18H2,1-5H3,(H,37,38);2*1H/t20-,24-,25+,27?;;/m0../s1. The van der Waals surface area contributed by atoms with Gasteiger partial charge in [-0.3, -0.25) is 19.4 Å². The molecule has 0 bridgehead atoms. The second-order valence-corrected chi connectivity index (χ2v) is 11.8. The van der Waals surface area contributed by atoms with Crippen LogP contribution in [0.3, 0.4) is 0 Å². The molecule has 0 aromatic heterocycles. The van der Waals surface area contributed by atoms with Gasteiger partial charge in [-0.15, -0.1) is 24.8 Å². The number of hydrogen-bond acceptors (Lipinski definition) is 4. The lowest BCUT2D eigenvalue weighted by atomic mass is 9.87. The van der Waals surface area contributed by atoms with Crippen LogP contribution in [-0.2, 0) is 16.0 Å². The number of carbonyl (C=O) groups is 2. The van der Waals surface area contributed by atoms with Gasteiger partial charge in [-0.2, -0.15) is 0 Å². The first-order valence-electron chi connectivity index (χ1n) is 13.4. The van der Waals surface area contributed by atoms with Crippen LogP contribution in [0.15, 0.2) is 42.5 Å². The quantitative estimate of drug-likeness (QED) is 0.497. The zero-order valence-corrected chi connectivity index (χ0v) is 25.4. The Bertz CT molecular complexity index is 1190. The van der Waals surface area contributed by atoms with E-state index >= 15 is 0 Å². The zero-order valence-electron chi connectivity index (χ0n) is 23.8. The normalized spacial score (nSPS) is 22.8. The van der Waals surface area contributed by atoms with Gasteiger partial charge in [-0.05, 0) is 63.8 Å². The molecular formula is C30H41Cl2F2N3O3. The maximum Gasteiger partial charge on any atom is 0.321 e. The smallest absolute Gasteiger partial charge is 0.321 e. The zero-order chi connectivity index (χ0) is 27.8. The van der Waals surface area contributed by atoms with Crippen molar-refractivity contribution in [2.75, 3.05) is 32.7 Å². The van der Waals surface area contributed by atoms with Gasteiger partial charge >= 0.3 is 5.97 Å². The summed E-state index contributed by atoms with van der Waals surface area (Å²) in [4.78, 5) is 32.2. The van der Waals surface area contributed by atoms with Gasteiger partial charge in [-0.25, -0.2) is 8.78 Å². The van der Waals surface area contributed by atoms with Crippen LogP contribution in [0.5, 0.6) is 0 Å². The molecule has 6 nitrogen and oxygen atoms in total. The SMILES string of the molecule is Cc1ccccc1CC(C(=O)O)N1CCN(C(=O)[C@@H]2CN(C(C)(C)C)C[C@H]2c2ccc(F)cc2F)[C@@H](C)C1.Cl.Cl. The second kappa shape index (κ2) is 13.6. The fourth-order valence-corrected chi connectivity index (χ4v) is 5.95. The lowest BCUT2D eigenvalue weighted by Crippen LogP contribution is -2.59. The van der Waals surface area contributed by atoms with Gasteiger partial charge < -0.3 is 10.0 Å². The molecule has 4 atom stereocenters. The van der Waals surface area contributed by atoms with Gasteiger partial charge in [0.2, 0.25) is 5.91 Å². The van der Waals surface area contributed by atoms with Crippen molar-refractivity contribution in [1.82, 2.24) is 14.7 Å². The van der Waals surface area contributed by atoms with E-state index in [0.717, 1.165) is 17.2 Å². The minimum atomic E-state index is -0.872. The highest BCUT2D eigenvalue weighted by Gasteiger charge is 2.46. The Labute approximate surface area is 248 Å². The fourth-order valence-electron chi connectivity index (χ4n) is 5.95. The first-order chi connectivity index (χ1) is 17.9. The number of aliphatic carboxylic acids is 1. The first kappa shape index (κ1) is 33.9. The van der Waals surface area contributed by atoms with Gasteiger partial charge in [-0.1, -0.05) is 30.3 Å². The van der Waals surface area contributed by atoms with E-state index in [0.29, 0.717) is 44.7 Å². The predicted molar refractivity (Wildman–Crippen MR) is 157 cm³/mol. The van der Waals surface area contributed by atoms with E-state index in [-0.39, 0.29) is 48.2 Å². The van der Waals surface area contributed by atoms with Crippen molar-refractivity contribution in [2.24, 2.45) is 5.92 Å². The van der Waals surface area contributed by atoms with E-state index in [1.807, 2.05) is 47.9 Å². The summed E-state index contributed by atoms with van der Waals surface area (Å²) in [5, 5.41) is 10.0. The van der Waals surface area contributed by atoms with E-state index in [1.54, 1.807) is 0 Å². The molecule has 222 valence electrons. The van der Waals surface area contributed by atoms with Crippen molar-refractivity contribution in [1.29, 1.82) is 0 Å². The van der Waals surface area contributed by atoms with Crippen LogP contribution >= 0.6 is 24.8 Å². The summed E-state index contributed by atoms with van der Waals surface area (Å²) < 4.78 is 28.5. The molecule has 0 aliphatic carbocycles. The summed E-state index contributed by atoms with van der Waals surface area (Å²) in [7, 11) is 0. The first-order valence-corrected chi connectivity index (χ1v) is 13.4. The Balaban J connectivity index is 0.00000280. The molecule has 2 aromatic carbocycles. The average Bonchev–Trinajstić information content (AvgIpc) is 3.29. The molecule has 1 N–H and O–H groups in total. The molecule has 1 amide bonds. The van der Waals surface area contributed by atoms with E-state index in [2.05, 4.69) is 25.7 Å². The fraction of sp³-hybridized carbons (Fsp3) is 0.533. The number of amides is 1. The molecule has 0 spiro atoms. The summed E-state index contributed by atoms with van der Waals surface area (Å²) in [6.45, 7) is 12.4. The minimum absolute atomic E-state index is 0. The van der Waals surface area contributed by atoms with Gasteiger partial charge in [0.15, 0.2) is 0 Å². The van der Waals surface area contributed by atoms with Gasteiger partial charge in [0.25, 0.3) is 0 Å². The number of nitrogens with zero attached hydrogens (tertiary/aromatic N) is 3. The number of carbonyl (C=O) groups excluding carboxylic acids is 1. The molecule has 2 aliphatic rings. The van der Waals surface area contributed by atoms with E-state index < -0.39 is 29.6 Å². The Morgan fingerprint density at radius 2 is 1.70 bits per heavy atom. The van der Waals surface area contributed by atoms with E-state index in [4.69, 9.17) is 0 Å². The molecule has 2 saturated heterocycles. The highest BCUT2D eigenvalue weighted by atomic mass is 35.5. The van der Waals surface area contributed by atoms with Crippen LogP contribution in [0.2, 0.25) is 0 Å². The third-order valence-corrected chi connectivity index (χ3v) is 8.29. The van der Waals surface area contributed by atoms with Crippen LogP contribution in [0.1, 0.15) is 50.3 Å². The number of likely N-dealkylation sites (tertiary alicyclic amines) is 1. The maximum atomic E-state index is 14.9. The van der Waals surface area contributed by atoms with Crippen LogP contribution in [0.25, 0.3) is 0 Å². The molecule has 0 radical (unpaired) electrons. The van der Waals surface area contributed by atoms with Gasteiger partial charge in [0.05, 0.1) is 5.92 Å². The number of benzene rings is 2. The molecule has 2 aromatic rings. The Morgan fingerprint density at radius 1 is 1.02 bits per heavy atom. The number of rotatable bonds is 6. The van der Waals surface area contributed by atoms with Crippen LogP contribution < -0.4 is 0 Å². The van der Waals surface area contributed by atoms with Crippen LogP contribution in [0.4, 0.5) is 8.78 Å². The number of halogens is 4. The highest BCUT2D eigenvalue weighted by Crippen LogP contribution is 2.39. The number of carboxylic acid groups (broad SMARTS) is 1. The van der Waals surface area contributed by atoms with Crippen LogP contribution in [0, 0.1) is 24.5 Å². The molecule has 4 rings (SSSR count). The van der Waals surface area contributed by atoms with E-state index in [9.17, 15) is 23.5 Å². The predicted octanol–water partition coefficient (Wildman–Crippen LogP) is 5.16. The number of piperazine rings is 1. The van der Waals surface area contributed by atoms with Gasteiger partial charge in [0.1, 0.15) is 17.7 Å². The third-order valence-electron chi connectivity index (χ3n) is 8.29. The third kappa shape index (κ3) is 7.32. The Morgan fingerprint density at radius 3 is 2.27 bits per heavy atom. The van der Waals surface area contributed by atoms with Gasteiger partial charge in [0, 0.05) is 56.3 Å². The topological polar surface area (TPSA) is 64.1 Å². The van der Waals surface area contributed by atoms with Crippen molar-refractivity contribution in [3.05, 3.63) is 70.8 Å². The van der Waals surface area contributed by atoms with Crippen molar-refractivity contribution < 1.29 is 23.5 Å². The monoisotopic (exact) mass is 599 g/mol. The minimum Gasteiger partial charge on any atom is -0.480 e. The number of carboxylic acids is 1. The summed E-state index contributed by atoms with van der Waals surface area (Å²) in [5.74, 6) is -3.04. The van der Waals surface area contributed by atoms with Crippen LogP contribution in [-0.4, -0.2) is 82.0 Å². The molecule has 2 aliphatic heterocycles. The molecular weight excluding hydrogens is 559 g/mol. The molecule has 10 heteroatoms. The number of aryl methyl sites for hydroxylation is 1. The molecule has 1 unspecified atom stereocenters. The van der Waals surface area contributed by atoms with Crippen molar-refractivity contribution in [3.63, 3.8) is 0 Å². The van der Waals surface area contributed by atoms with Crippen molar-refractivity contribution in [3.8, 4) is 0 Å². The molecule has 2 fully saturated rings.